The molecule has 0 aliphatic heterocycles. The molecule has 4 aromatic carbocycles. The van der Waals surface area contributed by atoms with Crippen molar-refractivity contribution in [1.82, 2.24) is 14.5 Å². The number of aryl methyl sites for hydroxylation is 1. The van der Waals surface area contributed by atoms with Crippen LogP contribution in [-0.2, 0) is 0 Å². The average Bonchev–Trinajstić information content (AvgIpc) is 2.87. The molecule has 6 heteroatoms. The smallest absolute Gasteiger partial charge is 0.266 e. The summed E-state index contributed by atoms with van der Waals surface area (Å²) in [7, 11) is 1.73. The van der Waals surface area contributed by atoms with E-state index in [4.69, 9.17) is 16.6 Å². The van der Waals surface area contributed by atoms with Crippen LogP contribution >= 0.6 is 11.6 Å². The van der Waals surface area contributed by atoms with E-state index in [2.05, 4.69) is 0 Å². The highest BCUT2D eigenvalue weighted by molar-refractivity contribution is 6.31. The maximum absolute atomic E-state index is 13.6. The second-order valence-corrected chi connectivity index (χ2v) is 9.20. The summed E-state index contributed by atoms with van der Waals surface area (Å²) in [6.07, 6.45) is 0. The molecule has 1 atom stereocenters. The van der Waals surface area contributed by atoms with Gasteiger partial charge in [0.25, 0.3) is 11.5 Å². The Balaban J connectivity index is 1.63. The molecule has 0 saturated heterocycles. The van der Waals surface area contributed by atoms with E-state index in [9.17, 15) is 9.59 Å². The Morgan fingerprint density at radius 2 is 1.66 bits per heavy atom. The summed E-state index contributed by atoms with van der Waals surface area (Å²) in [6.45, 7) is 3.87. The minimum atomic E-state index is -0.494. The minimum Gasteiger partial charge on any atom is -0.332 e. The van der Waals surface area contributed by atoms with Crippen molar-refractivity contribution >= 4 is 39.2 Å². The summed E-state index contributed by atoms with van der Waals surface area (Å²) in [6, 6.07) is 25.8. The third kappa shape index (κ3) is 4.19. The molecule has 0 saturated carbocycles. The predicted molar refractivity (Wildman–Crippen MR) is 142 cm³/mol. The van der Waals surface area contributed by atoms with Gasteiger partial charge >= 0.3 is 0 Å². The first-order chi connectivity index (χ1) is 16.8. The van der Waals surface area contributed by atoms with E-state index in [1.54, 1.807) is 34.7 Å². The zero-order valence-corrected chi connectivity index (χ0v) is 20.5. The number of nitrogens with zero attached hydrogens (tertiary/aromatic N) is 3. The number of rotatable bonds is 4. The number of carbonyl (C=O) groups excluding carboxylic acids is 1. The van der Waals surface area contributed by atoms with E-state index in [1.807, 2.05) is 80.6 Å². The highest BCUT2D eigenvalue weighted by Crippen LogP contribution is 2.25. The van der Waals surface area contributed by atoms with Gasteiger partial charge in [-0.1, -0.05) is 59.6 Å². The molecule has 0 spiro atoms. The largest absolute Gasteiger partial charge is 0.332 e. The Morgan fingerprint density at radius 1 is 0.943 bits per heavy atom. The number of fused-ring (bicyclic) bond motifs is 2. The molecular weight excluding hydrogens is 458 g/mol. The summed E-state index contributed by atoms with van der Waals surface area (Å²) >= 11 is 6.20. The molecule has 35 heavy (non-hydrogen) atoms. The molecule has 0 radical (unpaired) electrons. The zero-order valence-electron chi connectivity index (χ0n) is 19.7. The fourth-order valence-electron chi connectivity index (χ4n) is 4.27. The SMILES string of the molecule is Cc1ccc(-n2c(C(C)N(C)C(=O)c3ccc4ccccc4c3)nc3cc(Cl)ccc3c2=O)cc1. The molecule has 1 unspecified atom stereocenters. The van der Waals surface area contributed by atoms with Gasteiger partial charge in [0, 0.05) is 17.6 Å². The van der Waals surface area contributed by atoms with E-state index in [0.29, 0.717) is 33.0 Å². The van der Waals surface area contributed by atoms with Crippen LogP contribution in [0, 0.1) is 6.92 Å². The maximum atomic E-state index is 13.6. The monoisotopic (exact) mass is 481 g/mol. The maximum Gasteiger partial charge on any atom is 0.266 e. The van der Waals surface area contributed by atoms with Gasteiger partial charge in [-0.15, -0.1) is 0 Å². The van der Waals surface area contributed by atoms with Crippen molar-refractivity contribution in [3.05, 3.63) is 117 Å². The lowest BCUT2D eigenvalue weighted by molar-refractivity contribution is 0.0735. The molecule has 1 heterocycles. The first-order valence-corrected chi connectivity index (χ1v) is 11.8. The lowest BCUT2D eigenvalue weighted by atomic mass is 10.1. The topological polar surface area (TPSA) is 55.2 Å². The van der Waals surface area contributed by atoms with E-state index in [1.165, 1.54) is 0 Å². The molecule has 174 valence electrons. The van der Waals surface area contributed by atoms with Crippen LogP contribution in [0.2, 0.25) is 5.02 Å². The molecule has 5 nitrogen and oxygen atoms in total. The van der Waals surface area contributed by atoms with Crippen LogP contribution < -0.4 is 5.56 Å². The van der Waals surface area contributed by atoms with Crippen LogP contribution in [0.5, 0.6) is 0 Å². The van der Waals surface area contributed by atoms with E-state index < -0.39 is 6.04 Å². The Morgan fingerprint density at radius 3 is 2.40 bits per heavy atom. The average molecular weight is 482 g/mol. The van der Waals surface area contributed by atoms with Gasteiger partial charge < -0.3 is 4.90 Å². The van der Waals surface area contributed by atoms with Crippen molar-refractivity contribution in [2.45, 2.75) is 19.9 Å². The van der Waals surface area contributed by atoms with Gasteiger partial charge in [0.15, 0.2) is 0 Å². The summed E-state index contributed by atoms with van der Waals surface area (Å²) in [4.78, 5) is 33.6. The van der Waals surface area contributed by atoms with Gasteiger partial charge in [-0.2, -0.15) is 0 Å². The number of carbonyl (C=O) groups is 1. The predicted octanol–water partition coefficient (Wildman–Crippen LogP) is 6.33. The lowest BCUT2D eigenvalue weighted by Crippen LogP contribution is -2.34. The van der Waals surface area contributed by atoms with Crippen LogP contribution in [-0.4, -0.2) is 27.4 Å². The summed E-state index contributed by atoms with van der Waals surface area (Å²) in [5.74, 6) is 0.310. The number of halogens is 1. The van der Waals surface area contributed by atoms with Gasteiger partial charge in [0.1, 0.15) is 5.82 Å². The van der Waals surface area contributed by atoms with Crippen molar-refractivity contribution in [2.24, 2.45) is 0 Å². The summed E-state index contributed by atoms with van der Waals surface area (Å²) in [5.41, 5.74) is 2.65. The van der Waals surface area contributed by atoms with E-state index in [-0.39, 0.29) is 11.5 Å². The molecule has 0 bridgehead atoms. The molecule has 0 fully saturated rings. The molecule has 0 N–H and O–H groups in total. The third-order valence-corrected chi connectivity index (χ3v) is 6.66. The normalized spacial score (nSPS) is 12.1. The second-order valence-electron chi connectivity index (χ2n) is 8.76. The quantitative estimate of drug-likeness (QED) is 0.301. The van der Waals surface area contributed by atoms with Crippen molar-refractivity contribution < 1.29 is 4.79 Å². The van der Waals surface area contributed by atoms with Crippen molar-refractivity contribution in [3.8, 4) is 5.69 Å². The fourth-order valence-corrected chi connectivity index (χ4v) is 4.44. The number of benzene rings is 4. The first-order valence-electron chi connectivity index (χ1n) is 11.4. The number of aromatic nitrogens is 2. The highest BCUT2D eigenvalue weighted by atomic mass is 35.5. The second kappa shape index (κ2) is 9.01. The molecule has 0 aliphatic rings. The third-order valence-electron chi connectivity index (χ3n) is 6.42. The Bertz CT molecular complexity index is 1640. The van der Waals surface area contributed by atoms with E-state index >= 15 is 0 Å². The van der Waals surface area contributed by atoms with E-state index in [0.717, 1.165) is 16.3 Å². The van der Waals surface area contributed by atoms with Gasteiger partial charge in [0.2, 0.25) is 0 Å². The van der Waals surface area contributed by atoms with Gasteiger partial charge in [-0.05, 0) is 67.1 Å². The number of hydrogen-bond acceptors (Lipinski definition) is 3. The Hall–Kier alpha value is -3.96. The van der Waals surface area contributed by atoms with Crippen LogP contribution in [0.4, 0.5) is 0 Å². The van der Waals surface area contributed by atoms with Crippen LogP contribution in [0.25, 0.3) is 27.4 Å². The number of amides is 1. The molecule has 0 aliphatic carbocycles. The molecule has 1 amide bonds. The van der Waals surface area contributed by atoms with Crippen molar-refractivity contribution in [1.29, 1.82) is 0 Å². The minimum absolute atomic E-state index is 0.154. The molecule has 5 rings (SSSR count). The van der Waals surface area contributed by atoms with Crippen molar-refractivity contribution in [3.63, 3.8) is 0 Å². The Labute approximate surface area is 208 Å². The van der Waals surface area contributed by atoms with Crippen molar-refractivity contribution in [2.75, 3.05) is 7.05 Å². The fraction of sp³-hybridized carbons (Fsp3) is 0.138. The molecule has 5 aromatic rings. The lowest BCUT2D eigenvalue weighted by Gasteiger charge is -2.27. The molecule has 1 aromatic heterocycles. The standard InChI is InChI=1S/C29H24ClN3O2/c1-18-8-13-24(14-9-18)33-27(31-26-17-23(30)12-15-25(26)29(33)35)19(2)32(3)28(34)22-11-10-20-6-4-5-7-21(20)16-22/h4-17,19H,1-3H3. The summed E-state index contributed by atoms with van der Waals surface area (Å²) in [5, 5.41) is 3.03. The Kier molecular flexibility index (Phi) is 5.87. The van der Waals surface area contributed by atoms with Gasteiger partial charge in [-0.3, -0.25) is 14.2 Å². The van der Waals surface area contributed by atoms with Crippen LogP contribution in [0.15, 0.2) is 89.7 Å². The van der Waals surface area contributed by atoms with Crippen LogP contribution in [0.3, 0.4) is 0 Å². The molecular formula is C29H24ClN3O2. The van der Waals surface area contributed by atoms with Crippen LogP contribution in [0.1, 0.15) is 34.7 Å². The first kappa shape index (κ1) is 22.8. The summed E-state index contributed by atoms with van der Waals surface area (Å²) < 4.78 is 1.59. The van der Waals surface area contributed by atoms with Gasteiger partial charge in [0.05, 0.1) is 22.6 Å². The highest BCUT2D eigenvalue weighted by Gasteiger charge is 2.25. The van der Waals surface area contributed by atoms with Gasteiger partial charge in [-0.25, -0.2) is 4.98 Å². The number of hydrogen-bond donors (Lipinski definition) is 0. The zero-order chi connectivity index (χ0) is 24.7.